The lowest BCUT2D eigenvalue weighted by Gasteiger charge is -2.32. The van der Waals surface area contributed by atoms with Crippen LogP contribution in [-0.2, 0) is 15.9 Å². The quantitative estimate of drug-likeness (QED) is 0.675. The normalized spacial score (nSPS) is 18.0. The van der Waals surface area contributed by atoms with Crippen molar-refractivity contribution in [3.8, 4) is 0 Å². The third-order valence-electron chi connectivity index (χ3n) is 4.93. The fraction of sp³-hybridized carbons (Fsp3) is 0.368. The van der Waals surface area contributed by atoms with Crippen molar-refractivity contribution in [2.24, 2.45) is 0 Å². The van der Waals surface area contributed by atoms with Gasteiger partial charge in [0.1, 0.15) is 0 Å². The van der Waals surface area contributed by atoms with Gasteiger partial charge in [-0.3, -0.25) is 4.79 Å². The molecule has 26 heavy (non-hydrogen) atoms. The highest BCUT2D eigenvalue weighted by atomic mass is 19.1. The van der Waals surface area contributed by atoms with E-state index >= 15 is 0 Å². The zero-order valence-electron chi connectivity index (χ0n) is 15.4. The van der Waals surface area contributed by atoms with Gasteiger partial charge in [-0.15, -0.1) is 0 Å². The Morgan fingerprint density at radius 1 is 1.15 bits per heavy atom. The first kappa shape index (κ1) is 18.5. The van der Waals surface area contributed by atoms with Crippen LogP contribution in [0.5, 0.6) is 0 Å². The molecule has 1 aromatic heterocycles. The Morgan fingerprint density at radius 2 is 1.77 bits per heavy atom. The zero-order chi connectivity index (χ0) is 18.9. The molecule has 1 saturated heterocycles. The predicted molar refractivity (Wildman–Crippen MR) is 97.5 cm³/mol. The fourth-order valence-electron chi connectivity index (χ4n) is 2.60. The minimum absolute atomic E-state index is 0.121. The van der Waals surface area contributed by atoms with E-state index in [9.17, 15) is 9.18 Å². The van der Waals surface area contributed by atoms with Crippen LogP contribution >= 0.6 is 0 Å². The summed E-state index contributed by atoms with van der Waals surface area (Å²) >= 11 is 0. The Bertz CT molecular complexity index is 796. The Kier molecular flexibility index (Phi) is 4.86. The van der Waals surface area contributed by atoms with E-state index in [1.807, 2.05) is 58.0 Å². The summed E-state index contributed by atoms with van der Waals surface area (Å²) in [6, 6.07) is 11.0. The minimum Gasteiger partial charge on any atom is -0.399 e. The predicted octanol–water partition coefficient (Wildman–Crippen LogP) is 2.45. The molecular weight excluding hydrogens is 334 g/mol. The number of amides is 1. The molecule has 0 spiro atoms. The van der Waals surface area contributed by atoms with Crippen LogP contribution in [0.25, 0.3) is 0 Å². The van der Waals surface area contributed by atoms with E-state index in [0.29, 0.717) is 6.54 Å². The van der Waals surface area contributed by atoms with Gasteiger partial charge in [-0.05, 0) is 39.3 Å². The highest BCUT2D eigenvalue weighted by Gasteiger charge is 2.52. The Balaban J connectivity index is 1.77. The second kappa shape index (κ2) is 6.81. The maximum absolute atomic E-state index is 14.2. The standard InChI is InChI=1S/C19H22BFN2O3/c1-18(2)19(3,4)26-20(25-18)15-10-14(12-22-16(15)21)17(24)23-11-13-8-6-5-7-9-13/h5-10,12H,11H2,1-4H3,(H,23,24). The molecule has 1 aliphatic heterocycles. The van der Waals surface area contributed by atoms with Crippen molar-refractivity contribution >= 4 is 18.5 Å². The van der Waals surface area contributed by atoms with Crippen molar-refractivity contribution in [3.63, 3.8) is 0 Å². The van der Waals surface area contributed by atoms with Crippen molar-refractivity contribution in [2.45, 2.75) is 45.4 Å². The van der Waals surface area contributed by atoms with Crippen LogP contribution in [0.4, 0.5) is 4.39 Å². The van der Waals surface area contributed by atoms with E-state index < -0.39 is 24.3 Å². The molecule has 1 amide bonds. The van der Waals surface area contributed by atoms with Crippen molar-refractivity contribution in [1.82, 2.24) is 10.3 Å². The van der Waals surface area contributed by atoms with Gasteiger partial charge < -0.3 is 14.6 Å². The molecule has 0 atom stereocenters. The minimum atomic E-state index is -0.908. The number of pyridine rings is 1. The molecule has 0 unspecified atom stereocenters. The molecule has 5 nitrogen and oxygen atoms in total. The van der Waals surface area contributed by atoms with Crippen LogP contribution in [-0.4, -0.2) is 29.2 Å². The van der Waals surface area contributed by atoms with Crippen molar-refractivity contribution < 1.29 is 18.5 Å². The second-order valence-corrected chi connectivity index (χ2v) is 7.36. The summed E-state index contributed by atoms with van der Waals surface area (Å²) in [5.41, 5.74) is 0.149. The molecular formula is C19H22BFN2O3. The van der Waals surface area contributed by atoms with Crippen molar-refractivity contribution in [3.05, 3.63) is 59.7 Å². The van der Waals surface area contributed by atoms with Gasteiger partial charge in [0, 0.05) is 18.2 Å². The number of rotatable bonds is 4. The zero-order valence-corrected chi connectivity index (χ0v) is 15.4. The largest absolute Gasteiger partial charge is 0.499 e. The molecule has 3 rings (SSSR count). The number of hydrogen-bond acceptors (Lipinski definition) is 4. The number of carbonyl (C=O) groups excluding carboxylic acids is 1. The first-order valence-corrected chi connectivity index (χ1v) is 8.53. The van der Waals surface area contributed by atoms with E-state index in [2.05, 4.69) is 10.3 Å². The summed E-state index contributed by atoms with van der Waals surface area (Å²) in [6.07, 6.45) is 1.21. The first-order valence-electron chi connectivity index (χ1n) is 8.53. The topological polar surface area (TPSA) is 60.5 Å². The highest BCUT2D eigenvalue weighted by Crippen LogP contribution is 2.36. The third-order valence-corrected chi connectivity index (χ3v) is 4.93. The Hall–Kier alpha value is -2.25. The number of hydrogen-bond donors (Lipinski definition) is 1. The number of nitrogens with zero attached hydrogens (tertiary/aromatic N) is 1. The maximum atomic E-state index is 14.2. The molecule has 1 aliphatic rings. The number of halogens is 1. The number of aromatic nitrogens is 1. The summed E-state index contributed by atoms with van der Waals surface area (Å²) in [4.78, 5) is 16.1. The third kappa shape index (κ3) is 3.64. The monoisotopic (exact) mass is 356 g/mol. The lowest BCUT2D eigenvalue weighted by Crippen LogP contribution is -2.41. The van der Waals surface area contributed by atoms with Crippen molar-refractivity contribution in [2.75, 3.05) is 0 Å². The van der Waals surface area contributed by atoms with E-state index in [4.69, 9.17) is 9.31 Å². The molecule has 0 aliphatic carbocycles. The van der Waals surface area contributed by atoms with Crippen LogP contribution in [0.1, 0.15) is 43.6 Å². The Morgan fingerprint density at radius 3 is 2.38 bits per heavy atom. The van der Waals surface area contributed by atoms with E-state index in [0.717, 1.165) is 5.56 Å². The van der Waals surface area contributed by atoms with Gasteiger partial charge >= 0.3 is 7.12 Å². The lowest BCUT2D eigenvalue weighted by atomic mass is 9.79. The molecule has 1 aromatic carbocycles. The van der Waals surface area contributed by atoms with Gasteiger partial charge in [0.15, 0.2) is 0 Å². The summed E-state index contributed by atoms with van der Waals surface area (Å²) < 4.78 is 26.0. The van der Waals surface area contributed by atoms with E-state index in [1.54, 1.807) is 0 Å². The second-order valence-electron chi connectivity index (χ2n) is 7.36. The molecule has 2 heterocycles. The molecule has 0 radical (unpaired) electrons. The maximum Gasteiger partial charge on any atom is 0.499 e. The summed E-state index contributed by atoms with van der Waals surface area (Å²) in [5, 5.41) is 2.80. The molecule has 2 aromatic rings. The van der Waals surface area contributed by atoms with E-state index in [-0.39, 0.29) is 16.9 Å². The first-order chi connectivity index (χ1) is 12.2. The molecule has 1 fully saturated rings. The molecule has 136 valence electrons. The van der Waals surface area contributed by atoms with Crippen LogP contribution < -0.4 is 10.8 Å². The van der Waals surface area contributed by atoms with Crippen LogP contribution in [0.3, 0.4) is 0 Å². The summed E-state index contributed by atoms with van der Waals surface area (Å²) in [6.45, 7) is 7.91. The van der Waals surface area contributed by atoms with Crippen molar-refractivity contribution in [1.29, 1.82) is 0 Å². The van der Waals surface area contributed by atoms with E-state index in [1.165, 1.54) is 12.3 Å². The van der Waals surface area contributed by atoms with Gasteiger partial charge in [-0.1, -0.05) is 30.3 Å². The van der Waals surface area contributed by atoms with Crippen LogP contribution in [0.15, 0.2) is 42.6 Å². The van der Waals surface area contributed by atoms with Gasteiger partial charge in [0.05, 0.1) is 16.8 Å². The average Bonchev–Trinajstić information content (AvgIpc) is 2.81. The van der Waals surface area contributed by atoms with Gasteiger partial charge in [0.25, 0.3) is 5.91 Å². The number of carbonyl (C=O) groups is 1. The number of benzene rings is 1. The molecule has 0 bridgehead atoms. The van der Waals surface area contributed by atoms with Crippen LogP contribution in [0, 0.1) is 5.95 Å². The summed E-state index contributed by atoms with van der Waals surface area (Å²) in [5.74, 6) is -1.04. The highest BCUT2D eigenvalue weighted by molar-refractivity contribution is 6.62. The Labute approximate surface area is 153 Å². The SMILES string of the molecule is CC1(C)OB(c2cc(C(=O)NCc3ccccc3)cnc2F)OC1(C)C. The fourth-order valence-corrected chi connectivity index (χ4v) is 2.60. The van der Waals surface area contributed by atoms with Gasteiger partial charge in [-0.2, -0.15) is 4.39 Å². The lowest BCUT2D eigenvalue weighted by molar-refractivity contribution is 0.00578. The summed E-state index contributed by atoms with van der Waals surface area (Å²) in [7, 11) is -0.908. The van der Waals surface area contributed by atoms with Crippen LogP contribution in [0.2, 0.25) is 0 Å². The molecule has 1 N–H and O–H groups in total. The molecule has 7 heteroatoms. The molecule has 0 saturated carbocycles. The smallest absolute Gasteiger partial charge is 0.399 e. The van der Waals surface area contributed by atoms with Gasteiger partial charge in [0.2, 0.25) is 5.95 Å². The van der Waals surface area contributed by atoms with Gasteiger partial charge in [-0.25, -0.2) is 4.98 Å². The number of nitrogens with one attached hydrogen (secondary N) is 1. The average molecular weight is 356 g/mol.